The molecule has 1 saturated heterocycles. The molecule has 2 aliphatic carbocycles. The number of phenols is 1. The normalized spacial score (nSPS) is 26.2. The van der Waals surface area contributed by atoms with Gasteiger partial charge in [0.1, 0.15) is 6.10 Å². The van der Waals surface area contributed by atoms with E-state index < -0.39 is 0 Å². The lowest BCUT2D eigenvalue weighted by molar-refractivity contribution is -0.134. The van der Waals surface area contributed by atoms with Crippen LogP contribution in [-0.4, -0.2) is 73.2 Å². The van der Waals surface area contributed by atoms with E-state index in [0.29, 0.717) is 17.7 Å². The second-order valence-electron chi connectivity index (χ2n) is 13.6. The maximum atomic E-state index is 13.6. The molecule has 2 bridgehead atoms. The van der Waals surface area contributed by atoms with Crippen LogP contribution in [-0.2, 0) is 23.1 Å². The quantitative estimate of drug-likeness (QED) is 0.413. The van der Waals surface area contributed by atoms with E-state index in [9.17, 15) is 9.90 Å². The van der Waals surface area contributed by atoms with Crippen LogP contribution in [0.1, 0.15) is 52.6 Å². The van der Waals surface area contributed by atoms with Gasteiger partial charge in [-0.3, -0.25) is 9.69 Å². The Balaban J connectivity index is 1.23. The molecular weight excluding hydrogens is 546 g/mol. The molecule has 228 valence electrons. The lowest BCUT2D eigenvalue weighted by atomic mass is 9.50. The first-order valence-corrected chi connectivity index (χ1v) is 16.1. The van der Waals surface area contributed by atoms with E-state index in [1.54, 1.807) is 0 Å². The number of carbonyl (C=O) groups excluding carboxylic acids is 1. The molecule has 1 saturated carbocycles. The Morgan fingerprint density at radius 2 is 1.86 bits per heavy atom. The predicted molar refractivity (Wildman–Crippen MR) is 174 cm³/mol. The Bertz CT molecular complexity index is 1670. The molecule has 7 rings (SSSR count). The van der Waals surface area contributed by atoms with Crippen LogP contribution < -0.4 is 9.64 Å². The third-order valence-electron chi connectivity index (χ3n) is 11.2. The number of anilines is 1. The summed E-state index contributed by atoms with van der Waals surface area (Å²) >= 11 is 0. The van der Waals surface area contributed by atoms with Gasteiger partial charge in [0.2, 0.25) is 0 Å². The molecule has 2 fully saturated rings. The van der Waals surface area contributed by atoms with E-state index in [-0.39, 0.29) is 29.2 Å². The van der Waals surface area contributed by atoms with E-state index in [1.807, 2.05) is 30.1 Å². The monoisotopic (exact) mass is 589 g/mol. The van der Waals surface area contributed by atoms with E-state index in [2.05, 4.69) is 86.0 Å². The number of hydrogen-bond donors (Lipinski definition) is 1. The molecule has 6 nitrogen and oxygen atoms in total. The molecule has 3 aromatic rings. The van der Waals surface area contributed by atoms with Gasteiger partial charge in [-0.15, -0.1) is 0 Å². The molecule has 3 aromatic carbocycles. The van der Waals surface area contributed by atoms with Gasteiger partial charge in [-0.25, -0.2) is 0 Å². The zero-order valence-electron chi connectivity index (χ0n) is 26.6. The molecule has 2 aliphatic heterocycles. The number of piperidine rings is 1. The largest absolute Gasteiger partial charge is 0.504 e. The molecule has 1 spiro atoms. The van der Waals surface area contributed by atoms with E-state index in [1.165, 1.54) is 27.8 Å². The number of rotatable bonds is 5. The number of amides is 1. The number of aromatic hydroxyl groups is 1. The highest BCUT2D eigenvalue weighted by Crippen LogP contribution is 2.65. The van der Waals surface area contributed by atoms with Crippen molar-refractivity contribution in [1.82, 2.24) is 9.80 Å². The minimum absolute atomic E-state index is 0.120. The molecule has 4 aliphatic rings. The van der Waals surface area contributed by atoms with Crippen LogP contribution in [0.4, 0.5) is 5.69 Å². The standard InChI is InChI=1S/C38H43N3O3/c1-24-11-12-27(21-25(24)2)13-16-34(43)40(5)30-15-14-29-32-22-28-31(39(3)4)23-33(42)36-35(28)38(29,37(30)44-36)18-20-41(32)19-17-26-9-7-6-8-10-26/h6-12,21,23,29-30,32,37,42H,14-15,17-20,22H2,1-5H3/t29-,30-,32+,37-,38-/m0/s1. The summed E-state index contributed by atoms with van der Waals surface area (Å²) in [6.45, 7) is 6.16. The first-order chi connectivity index (χ1) is 21.2. The molecule has 2 heterocycles. The molecule has 0 aromatic heterocycles. The third kappa shape index (κ3) is 4.47. The Morgan fingerprint density at radius 1 is 1.07 bits per heavy atom. The summed E-state index contributed by atoms with van der Waals surface area (Å²) in [5, 5.41) is 11.3. The Labute approximate surface area is 261 Å². The lowest BCUT2D eigenvalue weighted by Crippen LogP contribution is -2.69. The highest BCUT2D eigenvalue weighted by atomic mass is 16.5. The van der Waals surface area contributed by atoms with Gasteiger partial charge in [-0.1, -0.05) is 42.3 Å². The van der Waals surface area contributed by atoms with E-state index in [4.69, 9.17) is 4.74 Å². The van der Waals surface area contributed by atoms with Gasteiger partial charge in [-0.05, 0) is 92.8 Å². The first-order valence-electron chi connectivity index (χ1n) is 16.1. The van der Waals surface area contributed by atoms with Crippen molar-refractivity contribution in [2.75, 3.05) is 39.1 Å². The number of likely N-dealkylation sites (N-methyl/N-ethyl adjacent to an activating group) is 1. The van der Waals surface area contributed by atoms with Crippen molar-refractivity contribution < 1.29 is 14.6 Å². The van der Waals surface area contributed by atoms with Crippen LogP contribution in [0.3, 0.4) is 0 Å². The first kappa shape index (κ1) is 28.8. The van der Waals surface area contributed by atoms with Crippen molar-refractivity contribution in [3.63, 3.8) is 0 Å². The number of carbonyl (C=O) groups is 1. The maximum absolute atomic E-state index is 13.6. The topological polar surface area (TPSA) is 56.2 Å². The molecule has 6 heteroatoms. The average molecular weight is 590 g/mol. The number of phenolic OH excluding ortho intramolecular Hbond substituents is 1. The molecule has 44 heavy (non-hydrogen) atoms. The number of ether oxygens (including phenoxy) is 1. The number of aryl methyl sites for hydroxylation is 2. The second-order valence-corrected chi connectivity index (χ2v) is 13.6. The molecule has 0 unspecified atom stereocenters. The highest BCUT2D eigenvalue weighted by molar-refractivity contribution is 5.94. The molecule has 1 N–H and O–H groups in total. The summed E-state index contributed by atoms with van der Waals surface area (Å²) in [5.41, 5.74) is 7.96. The molecule has 0 radical (unpaired) electrons. The minimum atomic E-state index is -0.237. The van der Waals surface area contributed by atoms with Crippen molar-refractivity contribution in [3.8, 4) is 23.3 Å². The third-order valence-corrected chi connectivity index (χ3v) is 11.2. The molecule has 1 amide bonds. The van der Waals surface area contributed by atoms with E-state index in [0.717, 1.165) is 56.4 Å². The van der Waals surface area contributed by atoms with Gasteiger partial charge < -0.3 is 19.6 Å². The average Bonchev–Trinajstić information content (AvgIpc) is 3.37. The summed E-state index contributed by atoms with van der Waals surface area (Å²) in [6.07, 6.45) is 4.60. The zero-order valence-corrected chi connectivity index (χ0v) is 26.6. The SMILES string of the molecule is Cc1ccc(C#CC(=O)N(C)[C@H]2CC[C@H]3[C@H]4Cc5c(N(C)C)cc(O)c6c5[C@@]3(CCN4CCc3ccccc3)[C@H]2O6)cc1C. The number of hydrogen-bond acceptors (Lipinski definition) is 5. The summed E-state index contributed by atoms with van der Waals surface area (Å²) in [4.78, 5) is 20.2. The van der Waals surface area contributed by atoms with Crippen molar-refractivity contribution in [2.24, 2.45) is 5.92 Å². The minimum Gasteiger partial charge on any atom is -0.504 e. The van der Waals surface area contributed by atoms with Gasteiger partial charge in [0.25, 0.3) is 5.91 Å². The summed E-state index contributed by atoms with van der Waals surface area (Å²) in [5.74, 6) is 7.11. The lowest BCUT2D eigenvalue weighted by Gasteiger charge is -2.60. The van der Waals surface area contributed by atoms with Crippen LogP contribution in [0.25, 0.3) is 0 Å². The van der Waals surface area contributed by atoms with E-state index >= 15 is 0 Å². The van der Waals surface area contributed by atoms with Crippen LogP contribution in [0, 0.1) is 31.6 Å². The highest BCUT2D eigenvalue weighted by Gasteiger charge is 2.66. The zero-order chi connectivity index (χ0) is 30.7. The summed E-state index contributed by atoms with van der Waals surface area (Å²) < 4.78 is 6.86. The maximum Gasteiger partial charge on any atom is 0.298 e. The fourth-order valence-corrected chi connectivity index (χ4v) is 8.84. The Morgan fingerprint density at radius 3 is 2.61 bits per heavy atom. The van der Waals surface area contributed by atoms with Gasteiger partial charge >= 0.3 is 0 Å². The van der Waals surface area contributed by atoms with Crippen LogP contribution in [0.2, 0.25) is 0 Å². The molecular formula is C38H43N3O3. The van der Waals surface area contributed by atoms with Gasteiger partial charge in [0.05, 0.1) is 6.04 Å². The Hall–Kier alpha value is -3.95. The molecule has 5 atom stereocenters. The smallest absolute Gasteiger partial charge is 0.298 e. The van der Waals surface area contributed by atoms with Crippen molar-refractivity contribution in [3.05, 3.63) is 88.0 Å². The Kier molecular flexibility index (Phi) is 7.13. The van der Waals surface area contributed by atoms with Gasteiger partial charge in [-0.2, -0.15) is 0 Å². The summed E-state index contributed by atoms with van der Waals surface area (Å²) in [6, 6.07) is 19.0. The number of likely N-dealkylation sites (tertiary alicyclic amines) is 1. The van der Waals surface area contributed by atoms with Crippen molar-refractivity contribution >= 4 is 11.6 Å². The number of nitrogens with zero attached hydrogens (tertiary/aromatic N) is 3. The second kappa shape index (κ2) is 10.9. The van der Waals surface area contributed by atoms with Crippen molar-refractivity contribution in [1.29, 1.82) is 0 Å². The van der Waals surface area contributed by atoms with Crippen LogP contribution in [0.15, 0.2) is 54.6 Å². The fraction of sp³-hybridized carbons (Fsp3) is 0.447. The van der Waals surface area contributed by atoms with Gasteiger partial charge in [0.15, 0.2) is 11.5 Å². The number of benzene rings is 3. The van der Waals surface area contributed by atoms with Crippen LogP contribution >= 0.6 is 0 Å². The summed E-state index contributed by atoms with van der Waals surface area (Å²) in [7, 11) is 6.00. The van der Waals surface area contributed by atoms with Crippen LogP contribution in [0.5, 0.6) is 11.5 Å². The predicted octanol–water partition coefficient (Wildman–Crippen LogP) is 5.24. The fourth-order valence-electron chi connectivity index (χ4n) is 8.84. The van der Waals surface area contributed by atoms with Gasteiger partial charge in [0, 0.05) is 67.9 Å². The van der Waals surface area contributed by atoms with Crippen molar-refractivity contribution in [2.45, 2.75) is 69.6 Å².